The van der Waals surface area contributed by atoms with Gasteiger partial charge in [-0.05, 0) is 26.6 Å². The Morgan fingerprint density at radius 1 is 1.55 bits per heavy atom. The molecule has 11 heavy (non-hydrogen) atoms. The molecule has 0 aliphatic rings. The summed E-state index contributed by atoms with van der Waals surface area (Å²) in [5.74, 6) is 2.38. The van der Waals surface area contributed by atoms with E-state index in [1.807, 2.05) is 18.8 Å². The summed E-state index contributed by atoms with van der Waals surface area (Å²) in [4.78, 5) is 0. The minimum atomic E-state index is 0.546. The lowest BCUT2D eigenvalue weighted by molar-refractivity contribution is 0.733. The highest BCUT2D eigenvalue weighted by atomic mass is 32.2. The van der Waals surface area contributed by atoms with Gasteiger partial charge in [0.2, 0.25) is 0 Å². The Morgan fingerprint density at radius 3 is 2.55 bits per heavy atom. The monoisotopic (exact) mass is 173 g/mol. The third-order valence-corrected chi connectivity index (χ3v) is 2.41. The lowest BCUT2D eigenvalue weighted by atomic mass is 10.2. The first-order chi connectivity index (χ1) is 5.20. The fourth-order valence-electron chi connectivity index (χ4n) is 0.862. The van der Waals surface area contributed by atoms with Gasteiger partial charge >= 0.3 is 0 Å². The Balaban J connectivity index is 3.67. The maximum atomic E-state index is 3.27. The number of allylic oxidation sites excluding steroid dienone is 1. The predicted octanol–water partition coefficient (Wildman–Crippen LogP) is 2.29. The van der Waals surface area contributed by atoms with Gasteiger partial charge in [-0.1, -0.05) is 18.6 Å². The van der Waals surface area contributed by atoms with Crippen LogP contribution in [-0.2, 0) is 0 Å². The zero-order valence-electron chi connectivity index (χ0n) is 7.98. The largest absolute Gasteiger partial charge is 0.313 e. The summed E-state index contributed by atoms with van der Waals surface area (Å²) >= 11 is 1.98. The molecule has 1 nitrogen and oxygen atoms in total. The summed E-state index contributed by atoms with van der Waals surface area (Å²) < 4.78 is 0. The number of thioether (sulfide) groups is 1. The van der Waals surface area contributed by atoms with Crippen LogP contribution in [0.15, 0.2) is 11.6 Å². The van der Waals surface area contributed by atoms with Crippen molar-refractivity contribution in [1.29, 1.82) is 0 Å². The second-order valence-corrected chi connectivity index (χ2v) is 4.12. The molecule has 66 valence electrons. The highest BCUT2D eigenvalue weighted by molar-refractivity contribution is 7.99. The Labute approximate surface area is 74.6 Å². The Kier molecular flexibility index (Phi) is 6.77. The van der Waals surface area contributed by atoms with Crippen LogP contribution in [0.3, 0.4) is 0 Å². The van der Waals surface area contributed by atoms with E-state index in [-0.39, 0.29) is 0 Å². The average Bonchev–Trinajstić information content (AvgIpc) is 1.97. The fourth-order valence-corrected chi connectivity index (χ4v) is 1.61. The molecule has 1 N–H and O–H groups in total. The molecule has 0 saturated carbocycles. The van der Waals surface area contributed by atoms with Crippen LogP contribution in [-0.4, -0.2) is 24.6 Å². The lowest BCUT2D eigenvalue weighted by Crippen LogP contribution is -2.25. The molecule has 0 amide bonds. The molecule has 0 aromatic rings. The zero-order chi connectivity index (χ0) is 8.69. The minimum Gasteiger partial charge on any atom is -0.313 e. The smallest absolute Gasteiger partial charge is 0.0341 e. The average molecular weight is 173 g/mol. The molecular formula is C9H19NS. The van der Waals surface area contributed by atoms with Gasteiger partial charge in [0, 0.05) is 11.8 Å². The summed E-state index contributed by atoms with van der Waals surface area (Å²) in [6.45, 7) is 6.47. The number of hydrogen-bond donors (Lipinski definition) is 1. The standard InChI is InChI=1S/C9H19NS/c1-5-11-7-9(10-4)6-8(2)3/h6,9-10H,5,7H2,1-4H3. The second-order valence-electron chi connectivity index (χ2n) is 2.80. The van der Waals surface area contributed by atoms with Crippen molar-refractivity contribution in [2.24, 2.45) is 0 Å². The molecular weight excluding hydrogens is 154 g/mol. The van der Waals surface area contributed by atoms with E-state index in [1.54, 1.807) is 0 Å². The van der Waals surface area contributed by atoms with E-state index < -0.39 is 0 Å². The minimum absolute atomic E-state index is 0.546. The SMILES string of the molecule is CCSCC(C=C(C)C)NC. The van der Waals surface area contributed by atoms with Gasteiger partial charge in [-0.15, -0.1) is 0 Å². The van der Waals surface area contributed by atoms with Gasteiger partial charge in [0.1, 0.15) is 0 Å². The molecule has 0 aliphatic carbocycles. The summed E-state index contributed by atoms with van der Waals surface area (Å²) in [7, 11) is 2.01. The highest BCUT2D eigenvalue weighted by Crippen LogP contribution is 2.04. The van der Waals surface area contributed by atoms with E-state index in [2.05, 4.69) is 32.2 Å². The van der Waals surface area contributed by atoms with Crippen molar-refractivity contribution in [3.05, 3.63) is 11.6 Å². The predicted molar refractivity (Wildman–Crippen MR) is 55.3 cm³/mol. The van der Waals surface area contributed by atoms with Gasteiger partial charge in [0.15, 0.2) is 0 Å². The molecule has 0 heterocycles. The van der Waals surface area contributed by atoms with Crippen molar-refractivity contribution in [3.8, 4) is 0 Å². The molecule has 1 unspecified atom stereocenters. The Hall–Kier alpha value is 0.0500. The van der Waals surface area contributed by atoms with Gasteiger partial charge in [-0.25, -0.2) is 0 Å². The van der Waals surface area contributed by atoms with Gasteiger partial charge in [-0.3, -0.25) is 0 Å². The van der Waals surface area contributed by atoms with Gasteiger partial charge in [0.25, 0.3) is 0 Å². The van der Waals surface area contributed by atoms with E-state index >= 15 is 0 Å². The van der Waals surface area contributed by atoms with Crippen LogP contribution in [0.2, 0.25) is 0 Å². The highest BCUT2D eigenvalue weighted by Gasteiger charge is 1.99. The summed E-state index contributed by atoms with van der Waals surface area (Å²) in [5.41, 5.74) is 1.39. The summed E-state index contributed by atoms with van der Waals surface area (Å²) in [5, 5.41) is 3.27. The van der Waals surface area contributed by atoms with Gasteiger partial charge < -0.3 is 5.32 Å². The number of likely N-dealkylation sites (N-methyl/N-ethyl adjacent to an activating group) is 1. The van der Waals surface area contributed by atoms with Crippen LogP contribution in [0.1, 0.15) is 20.8 Å². The Morgan fingerprint density at radius 2 is 2.18 bits per heavy atom. The maximum Gasteiger partial charge on any atom is 0.0341 e. The van der Waals surface area contributed by atoms with Crippen molar-refractivity contribution in [2.45, 2.75) is 26.8 Å². The zero-order valence-corrected chi connectivity index (χ0v) is 8.79. The van der Waals surface area contributed by atoms with Crippen molar-refractivity contribution >= 4 is 11.8 Å². The molecule has 0 aromatic heterocycles. The molecule has 1 atom stereocenters. The van der Waals surface area contributed by atoms with Crippen LogP contribution in [0.25, 0.3) is 0 Å². The van der Waals surface area contributed by atoms with Crippen molar-refractivity contribution in [1.82, 2.24) is 5.32 Å². The topological polar surface area (TPSA) is 12.0 Å². The number of hydrogen-bond acceptors (Lipinski definition) is 2. The van der Waals surface area contributed by atoms with E-state index in [1.165, 1.54) is 17.1 Å². The van der Waals surface area contributed by atoms with Crippen LogP contribution < -0.4 is 5.32 Å². The fraction of sp³-hybridized carbons (Fsp3) is 0.778. The molecule has 0 bridgehead atoms. The molecule has 0 aliphatic heterocycles. The van der Waals surface area contributed by atoms with Crippen molar-refractivity contribution < 1.29 is 0 Å². The van der Waals surface area contributed by atoms with E-state index in [0.29, 0.717) is 6.04 Å². The van der Waals surface area contributed by atoms with Crippen LogP contribution in [0.5, 0.6) is 0 Å². The first-order valence-electron chi connectivity index (χ1n) is 4.10. The first kappa shape index (κ1) is 11.1. The van der Waals surface area contributed by atoms with Gasteiger partial charge in [0.05, 0.1) is 0 Å². The van der Waals surface area contributed by atoms with E-state index in [9.17, 15) is 0 Å². The molecule has 0 saturated heterocycles. The van der Waals surface area contributed by atoms with Crippen LogP contribution in [0, 0.1) is 0 Å². The lowest BCUT2D eigenvalue weighted by Gasteiger charge is -2.10. The third-order valence-electron chi connectivity index (χ3n) is 1.41. The number of rotatable bonds is 5. The summed E-state index contributed by atoms with van der Waals surface area (Å²) in [6, 6.07) is 0.546. The number of nitrogens with one attached hydrogen (secondary N) is 1. The molecule has 2 heteroatoms. The van der Waals surface area contributed by atoms with Gasteiger partial charge in [-0.2, -0.15) is 11.8 Å². The van der Waals surface area contributed by atoms with E-state index in [4.69, 9.17) is 0 Å². The molecule has 0 aromatic carbocycles. The van der Waals surface area contributed by atoms with Crippen LogP contribution in [0.4, 0.5) is 0 Å². The molecule has 0 radical (unpaired) electrons. The molecule has 0 spiro atoms. The summed E-state index contributed by atoms with van der Waals surface area (Å²) in [6.07, 6.45) is 2.28. The molecule has 0 fully saturated rings. The van der Waals surface area contributed by atoms with E-state index in [0.717, 1.165) is 0 Å². The quantitative estimate of drug-likeness (QED) is 0.640. The van der Waals surface area contributed by atoms with Crippen LogP contribution >= 0.6 is 11.8 Å². The Bertz CT molecular complexity index is 117. The maximum absolute atomic E-state index is 3.27. The molecule has 0 rings (SSSR count). The van der Waals surface area contributed by atoms with Crippen molar-refractivity contribution in [2.75, 3.05) is 18.6 Å². The first-order valence-corrected chi connectivity index (χ1v) is 5.26. The van der Waals surface area contributed by atoms with Crippen molar-refractivity contribution in [3.63, 3.8) is 0 Å². The third kappa shape index (κ3) is 6.45. The normalized spacial score (nSPS) is 12.7. The second kappa shape index (κ2) is 6.74.